The molecule has 142 valence electrons. The number of hydrogen-bond acceptors (Lipinski definition) is 2. The highest BCUT2D eigenvalue weighted by atomic mass is 16.5. The van der Waals surface area contributed by atoms with Gasteiger partial charge < -0.3 is 4.74 Å². The molecule has 1 aliphatic carbocycles. The highest BCUT2D eigenvalue weighted by Crippen LogP contribution is 2.25. The Morgan fingerprint density at radius 1 is 0.833 bits per heavy atom. The zero-order valence-electron chi connectivity index (χ0n) is 16.5. The molecule has 1 atom stereocenters. The third kappa shape index (κ3) is 11.1. The minimum Gasteiger partial charge on any atom is -0.462 e. The predicted octanol–water partition coefficient (Wildman–Crippen LogP) is 7.20. The lowest BCUT2D eigenvalue weighted by molar-refractivity contribution is -0.150. The summed E-state index contributed by atoms with van der Waals surface area (Å²) >= 11 is 0. The Balaban J connectivity index is 2.23. The van der Waals surface area contributed by atoms with Gasteiger partial charge in [0.2, 0.25) is 0 Å². The van der Waals surface area contributed by atoms with E-state index in [-0.39, 0.29) is 12.1 Å². The third-order valence-corrected chi connectivity index (χ3v) is 5.49. The van der Waals surface area contributed by atoms with Crippen LogP contribution in [0, 0.1) is 5.92 Å². The van der Waals surface area contributed by atoms with Crippen molar-refractivity contribution >= 4 is 5.97 Å². The zero-order valence-corrected chi connectivity index (χ0v) is 16.5. The second-order valence-corrected chi connectivity index (χ2v) is 7.87. The Labute approximate surface area is 151 Å². The van der Waals surface area contributed by atoms with Crippen LogP contribution in [0.4, 0.5) is 0 Å². The molecule has 0 amide bonds. The Hall–Kier alpha value is -0.530. The summed E-state index contributed by atoms with van der Waals surface area (Å²) in [7, 11) is 0. The van der Waals surface area contributed by atoms with E-state index in [2.05, 4.69) is 13.8 Å². The lowest BCUT2D eigenvalue weighted by atomic mass is 9.91. The largest absolute Gasteiger partial charge is 0.462 e. The van der Waals surface area contributed by atoms with E-state index in [0.717, 1.165) is 12.8 Å². The molecule has 0 bridgehead atoms. The van der Waals surface area contributed by atoms with E-state index < -0.39 is 0 Å². The highest BCUT2D eigenvalue weighted by molar-refractivity contribution is 5.69. The van der Waals surface area contributed by atoms with Crippen LogP contribution in [-0.4, -0.2) is 12.1 Å². The van der Waals surface area contributed by atoms with Crippen molar-refractivity contribution in [3.63, 3.8) is 0 Å². The van der Waals surface area contributed by atoms with Gasteiger partial charge in [0.15, 0.2) is 0 Å². The van der Waals surface area contributed by atoms with Crippen LogP contribution in [0.2, 0.25) is 0 Å². The molecule has 1 saturated carbocycles. The molecule has 24 heavy (non-hydrogen) atoms. The molecule has 0 aromatic rings. The topological polar surface area (TPSA) is 26.3 Å². The first kappa shape index (κ1) is 21.5. The Morgan fingerprint density at radius 3 is 1.92 bits per heavy atom. The average Bonchev–Trinajstić information content (AvgIpc) is 3.07. The number of ether oxygens (including phenoxy) is 1. The van der Waals surface area contributed by atoms with Crippen LogP contribution in [-0.2, 0) is 9.53 Å². The smallest absolute Gasteiger partial charge is 0.306 e. The zero-order chi connectivity index (χ0) is 17.5. The lowest BCUT2D eigenvalue weighted by Gasteiger charge is -2.18. The lowest BCUT2D eigenvalue weighted by Crippen LogP contribution is -2.18. The van der Waals surface area contributed by atoms with Gasteiger partial charge in [-0.2, -0.15) is 0 Å². The number of rotatable bonds is 15. The SMILES string of the molecule is CCCCCCCCC(CCCCCC)CC(=O)OC1CCCC1. The first-order valence-corrected chi connectivity index (χ1v) is 11.0. The van der Waals surface area contributed by atoms with E-state index in [1.54, 1.807) is 0 Å². The van der Waals surface area contributed by atoms with E-state index in [1.165, 1.54) is 89.9 Å². The minimum atomic E-state index is 0.0772. The summed E-state index contributed by atoms with van der Waals surface area (Å²) < 4.78 is 5.69. The summed E-state index contributed by atoms with van der Waals surface area (Å²) in [6, 6.07) is 0. The van der Waals surface area contributed by atoms with Crippen molar-refractivity contribution in [3.05, 3.63) is 0 Å². The van der Waals surface area contributed by atoms with E-state index >= 15 is 0 Å². The van der Waals surface area contributed by atoms with Crippen molar-refractivity contribution < 1.29 is 9.53 Å². The van der Waals surface area contributed by atoms with Gasteiger partial charge in [0.25, 0.3) is 0 Å². The average molecular weight is 339 g/mol. The fraction of sp³-hybridized carbons (Fsp3) is 0.955. The third-order valence-electron chi connectivity index (χ3n) is 5.49. The standard InChI is InChI=1S/C22H42O2/c1-3-5-7-9-10-12-16-20(15-11-8-6-4-2)19-22(23)24-21-17-13-14-18-21/h20-21H,3-19H2,1-2H3. The molecule has 0 spiro atoms. The summed E-state index contributed by atoms with van der Waals surface area (Å²) in [6.45, 7) is 4.52. The van der Waals surface area contributed by atoms with Gasteiger partial charge >= 0.3 is 5.97 Å². The number of hydrogen-bond donors (Lipinski definition) is 0. The number of unbranched alkanes of at least 4 members (excludes halogenated alkanes) is 8. The molecular formula is C22H42O2. The van der Waals surface area contributed by atoms with Crippen LogP contribution in [0.25, 0.3) is 0 Å². The van der Waals surface area contributed by atoms with Crippen LogP contribution in [0.5, 0.6) is 0 Å². The van der Waals surface area contributed by atoms with Gasteiger partial charge in [-0.05, 0) is 44.4 Å². The second kappa shape index (κ2) is 14.8. The molecule has 0 radical (unpaired) electrons. The maximum atomic E-state index is 12.3. The number of carbonyl (C=O) groups excluding carboxylic acids is 1. The van der Waals surface area contributed by atoms with Gasteiger partial charge in [0.05, 0.1) is 0 Å². The quantitative estimate of drug-likeness (QED) is 0.233. The summed E-state index contributed by atoms with van der Waals surface area (Å²) in [6.07, 6.45) is 21.2. The van der Waals surface area contributed by atoms with Crippen LogP contribution >= 0.6 is 0 Å². The second-order valence-electron chi connectivity index (χ2n) is 7.87. The molecule has 0 aliphatic heterocycles. The molecule has 2 nitrogen and oxygen atoms in total. The normalized spacial score (nSPS) is 16.4. The fourth-order valence-electron chi connectivity index (χ4n) is 3.90. The molecule has 1 fully saturated rings. The fourth-order valence-corrected chi connectivity index (χ4v) is 3.90. The first-order chi connectivity index (χ1) is 11.8. The van der Waals surface area contributed by atoms with Gasteiger partial charge in [-0.15, -0.1) is 0 Å². The molecular weight excluding hydrogens is 296 g/mol. The summed E-state index contributed by atoms with van der Waals surface area (Å²) in [4.78, 5) is 12.3. The number of carbonyl (C=O) groups is 1. The van der Waals surface area contributed by atoms with Crippen molar-refractivity contribution in [1.82, 2.24) is 0 Å². The predicted molar refractivity (Wildman–Crippen MR) is 103 cm³/mol. The van der Waals surface area contributed by atoms with Gasteiger partial charge in [-0.1, -0.05) is 78.1 Å². The van der Waals surface area contributed by atoms with Gasteiger partial charge in [-0.25, -0.2) is 0 Å². The molecule has 1 unspecified atom stereocenters. The van der Waals surface area contributed by atoms with E-state index in [4.69, 9.17) is 4.74 Å². The molecule has 0 N–H and O–H groups in total. The van der Waals surface area contributed by atoms with Crippen molar-refractivity contribution in [3.8, 4) is 0 Å². The summed E-state index contributed by atoms with van der Waals surface area (Å²) in [5.74, 6) is 0.635. The molecule has 1 aliphatic rings. The van der Waals surface area contributed by atoms with Gasteiger partial charge in [0.1, 0.15) is 6.10 Å². The molecule has 0 heterocycles. The summed E-state index contributed by atoms with van der Waals surface area (Å²) in [5.41, 5.74) is 0. The number of esters is 1. The molecule has 0 aromatic carbocycles. The maximum absolute atomic E-state index is 12.3. The van der Waals surface area contributed by atoms with Crippen LogP contribution in [0.1, 0.15) is 123 Å². The van der Waals surface area contributed by atoms with Crippen molar-refractivity contribution in [1.29, 1.82) is 0 Å². The van der Waals surface area contributed by atoms with E-state index in [0.29, 0.717) is 12.3 Å². The van der Waals surface area contributed by atoms with E-state index in [1.807, 2.05) is 0 Å². The Morgan fingerprint density at radius 2 is 1.33 bits per heavy atom. The molecule has 1 rings (SSSR count). The van der Waals surface area contributed by atoms with Crippen LogP contribution < -0.4 is 0 Å². The first-order valence-electron chi connectivity index (χ1n) is 11.0. The molecule has 2 heteroatoms. The van der Waals surface area contributed by atoms with Crippen molar-refractivity contribution in [2.24, 2.45) is 5.92 Å². The monoisotopic (exact) mass is 338 g/mol. The highest BCUT2D eigenvalue weighted by Gasteiger charge is 2.21. The van der Waals surface area contributed by atoms with Crippen LogP contribution in [0.15, 0.2) is 0 Å². The Bertz CT molecular complexity index is 294. The van der Waals surface area contributed by atoms with Gasteiger partial charge in [-0.3, -0.25) is 4.79 Å². The van der Waals surface area contributed by atoms with E-state index in [9.17, 15) is 4.79 Å². The van der Waals surface area contributed by atoms with Crippen molar-refractivity contribution in [2.75, 3.05) is 0 Å². The maximum Gasteiger partial charge on any atom is 0.306 e. The Kier molecular flexibility index (Phi) is 13.3. The van der Waals surface area contributed by atoms with Crippen molar-refractivity contribution in [2.45, 2.75) is 129 Å². The van der Waals surface area contributed by atoms with Crippen LogP contribution in [0.3, 0.4) is 0 Å². The summed E-state index contributed by atoms with van der Waals surface area (Å²) in [5, 5.41) is 0. The molecule has 0 aromatic heterocycles. The minimum absolute atomic E-state index is 0.0772. The molecule has 0 saturated heterocycles. The van der Waals surface area contributed by atoms with Gasteiger partial charge in [0, 0.05) is 6.42 Å².